The van der Waals surface area contributed by atoms with Gasteiger partial charge in [-0.1, -0.05) is 58.0 Å². The fraction of sp³-hybridized carbons (Fsp3) is 0. The van der Waals surface area contributed by atoms with Gasteiger partial charge in [0.15, 0.2) is 0 Å². The average Bonchev–Trinajstić information content (AvgIpc) is 2.45. The van der Waals surface area contributed by atoms with E-state index in [-0.39, 0.29) is 47.6 Å². The second kappa shape index (κ2) is 6.07. The molecule has 0 bridgehead atoms. The second-order valence-electron chi connectivity index (χ2n) is 3.91. The Balaban J connectivity index is 2.85. The van der Waals surface area contributed by atoms with Crippen molar-refractivity contribution < 1.29 is 9.90 Å². The first-order valence-electron chi connectivity index (χ1n) is 5.26. The minimum absolute atomic E-state index is 0.00185. The Bertz CT molecular complexity index is 735. The molecule has 0 aliphatic heterocycles. The summed E-state index contributed by atoms with van der Waals surface area (Å²) in [6.45, 7) is 0. The van der Waals surface area contributed by atoms with E-state index < -0.39 is 5.97 Å². The van der Waals surface area contributed by atoms with Crippen molar-refractivity contribution in [1.29, 1.82) is 0 Å². The molecule has 1 aromatic carbocycles. The fourth-order valence-electron chi connectivity index (χ4n) is 1.63. The highest BCUT2D eigenvalue weighted by Crippen LogP contribution is 2.49. The summed E-state index contributed by atoms with van der Waals surface area (Å²) in [6, 6.07) is 1.28. The largest absolute Gasteiger partial charge is 0.478 e. The third kappa shape index (κ3) is 2.87. The molecule has 2 aromatic rings. The van der Waals surface area contributed by atoms with Crippen LogP contribution < -0.4 is 5.73 Å². The molecule has 0 saturated carbocycles. The number of benzene rings is 1. The lowest BCUT2D eigenvalue weighted by Gasteiger charge is -2.14. The van der Waals surface area contributed by atoms with Crippen LogP contribution in [0, 0.1) is 0 Å². The van der Waals surface area contributed by atoms with Gasteiger partial charge in [0.05, 0.1) is 30.7 Å². The zero-order chi connectivity index (χ0) is 15.9. The summed E-state index contributed by atoms with van der Waals surface area (Å²) in [7, 11) is 0. The molecule has 0 aliphatic carbocycles. The maximum absolute atomic E-state index is 11.0. The number of aromatic carboxylic acids is 1. The Morgan fingerprint density at radius 2 is 1.48 bits per heavy atom. The number of nitrogens with two attached hydrogens (primary N) is 1. The Morgan fingerprint density at radius 3 is 1.95 bits per heavy atom. The van der Waals surface area contributed by atoms with E-state index in [0.717, 1.165) is 6.20 Å². The van der Waals surface area contributed by atoms with Crippen LogP contribution in [-0.2, 0) is 0 Å². The van der Waals surface area contributed by atoms with Crippen molar-refractivity contribution >= 4 is 69.8 Å². The molecule has 1 heterocycles. The Kier molecular flexibility index (Phi) is 4.76. The molecule has 1 aromatic heterocycles. The smallest absolute Gasteiger partial charge is 0.337 e. The van der Waals surface area contributed by atoms with Gasteiger partial charge >= 0.3 is 5.97 Å². The highest BCUT2D eigenvalue weighted by Gasteiger charge is 2.23. The van der Waals surface area contributed by atoms with Crippen molar-refractivity contribution in [3.8, 4) is 11.1 Å². The molecule has 0 spiro atoms. The van der Waals surface area contributed by atoms with E-state index >= 15 is 0 Å². The van der Waals surface area contributed by atoms with E-state index in [1.165, 1.54) is 6.07 Å². The third-order valence-corrected chi connectivity index (χ3v) is 4.92. The molecule has 110 valence electrons. The van der Waals surface area contributed by atoms with Gasteiger partial charge in [-0.2, -0.15) is 0 Å². The first kappa shape index (κ1) is 16.5. The molecule has 0 amide bonds. The van der Waals surface area contributed by atoms with Gasteiger partial charge in [-0.25, -0.2) is 9.78 Å². The lowest BCUT2D eigenvalue weighted by atomic mass is 10.0. The van der Waals surface area contributed by atoms with E-state index in [0.29, 0.717) is 0 Å². The molecule has 4 nitrogen and oxygen atoms in total. The zero-order valence-corrected chi connectivity index (χ0v) is 13.7. The monoisotopic (exact) mass is 384 g/mol. The van der Waals surface area contributed by atoms with E-state index in [2.05, 4.69) is 4.98 Å². The number of carboxylic acid groups (broad SMARTS) is 1. The van der Waals surface area contributed by atoms with Crippen molar-refractivity contribution in [2.75, 3.05) is 5.73 Å². The van der Waals surface area contributed by atoms with Crippen LogP contribution in [0.15, 0.2) is 12.3 Å². The van der Waals surface area contributed by atoms with Crippen LogP contribution in [0.5, 0.6) is 0 Å². The van der Waals surface area contributed by atoms with Crippen LogP contribution in [0.2, 0.25) is 25.1 Å². The van der Waals surface area contributed by atoms with Crippen LogP contribution in [-0.4, -0.2) is 16.1 Å². The fourth-order valence-corrected chi connectivity index (χ4v) is 2.98. The molecule has 0 fully saturated rings. The maximum atomic E-state index is 11.0. The van der Waals surface area contributed by atoms with E-state index in [4.69, 9.17) is 68.8 Å². The summed E-state index contributed by atoms with van der Waals surface area (Å²) in [4.78, 5) is 14.8. The lowest BCUT2D eigenvalue weighted by Crippen LogP contribution is -2.02. The van der Waals surface area contributed by atoms with Gasteiger partial charge < -0.3 is 10.8 Å². The van der Waals surface area contributed by atoms with Gasteiger partial charge in [0.1, 0.15) is 5.82 Å². The normalized spacial score (nSPS) is 10.7. The van der Waals surface area contributed by atoms with Crippen LogP contribution in [0.3, 0.4) is 0 Å². The van der Waals surface area contributed by atoms with E-state index in [1.54, 1.807) is 0 Å². The van der Waals surface area contributed by atoms with Gasteiger partial charge in [-0.15, -0.1) is 0 Å². The minimum atomic E-state index is -1.18. The molecule has 0 saturated heterocycles. The molecule has 2 rings (SSSR count). The van der Waals surface area contributed by atoms with Crippen LogP contribution >= 0.6 is 58.0 Å². The van der Waals surface area contributed by atoms with Gasteiger partial charge in [0, 0.05) is 17.3 Å². The number of rotatable bonds is 2. The van der Waals surface area contributed by atoms with Gasteiger partial charge in [-0.05, 0) is 6.07 Å². The number of halogens is 5. The number of carbonyl (C=O) groups is 1. The third-order valence-electron chi connectivity index (χ3n) is 2.64. The second-order valence-corrected chi connectivity index (χ2v) is 5.80. The van der Waals surface area contributed by atoms with Crippen LogP contribution in [0.4, 0.5) is 5.82 Å². The minimum Gasteiger partial charge on any atom is -0.478 e. The standard InChI is InChI=1S/C12H5Cl5N2O2/c13-6-5(7(14)9(16)10(17)8(6)15)4-1-3(12(20)21)2-19-11(4)18/h1-2H,(H2,18,19)(H,20,21). The number of hydrogen-bond donors (Lipinski definition) is 2. The number of pyridine rings is 1. The van der Waals surface area contributed by atoms with Gasteiger partial charge in [-0.3, -0.25) is 0 Å². The number of carboxylic acids is 1. The highest BCUT2D eigenvalue weighted by atomic mass is 35.5. The molecular weight excluding hydrogens is 381 g/mol. The van der Waals surface area contributed by atoms with Crippen LogP contribution in [0.1, 0.15) is 10.4 Å². The quantitative estimate of drug-likeness (QED) is 0.543. The van der Waals surface area contributed by atoms with E-state index in [9.17, 15) is 4.79 Å². The number of nitrogen functional groups attached to an aromatic ring is 1. The van der Waals surface area contributed by atoms with E-state index in [1.807, 2.05) is 0 Å². The molecule has 0 atom stereocenters. The van der Waals surface area contributed by atoms with Crippen molar-refractivity contribution in [1.82, 2.24) is 4.98 Å². The molecular formula is C12H5Cl5N2O2. The molecule has 0 aliphatic rings. The Hall–Kier alpha value is -0.910. The first-order chi connectivity index (χ1) is 9.75. The summed E-state index contributed by atoms with van der Waals surface area (Å²) >= 11 is 30.1. The molecule has 9 heteroatoms. The zero-order valence-electron chi connectivity index (χ0n) is 9.92. The Morgan fingerprint density at radius 1 is 1.00 bits per heavy atom. The number of anilines is 1. The summed E-state index contributed by atoms with van der Waals surface area (Å²) in [5.74, 6) is -1.15. The summed E-state index contributed by atoms with van der Waals surface area (Å²) in [5.41, 5.74) is 6.04. The lowest BCUT2D eigenvalue weighted by molar-refractivity contribution is 0.0696. The summed E-state index contributed by atoms with van der Waals surface area (Å²) in [5, 5.41) is 9.01. The van der Waals surface area contributed by atoms with Crippen molar-refractivity contribution in [3.05, 3.63) is 42.9 Å². The molecule has 21 heavy (non-hydrogen) atoms. The number of aromatic nitrogens is 1. The van der Waals surface area contributed by atoms with Gasteiger partial charge in [0.2, 0.25) is 0 Å². The topological polar surface area (TPSA) is 76.2 Å². The molecule has 3 N–H and O–H groups in total. The number of hydrogen-bond acceptors (Lipinski definition) is 3. The SMILES string of the molecule is Nc1ncc(C(=O)O)cc1-c1c(Cl)c(Cl)c(Cl)c(Cl)c1Cl. The highest BCUT2D eigenvalue weighted by molar-refractivity contribution is 6.56. The van der Waals surface area contributed by atoms with Crippen molar-refractivity contribution in [2.24, 2.45) is 0 Å². The molecule has 0 radical (unpaired) electrons. The maximum Gasteiger partial charge on any atom is 0.337 e. The predicted molar refractivity (Wildman–Crippen MR) is 86.1 cm³/mol. The number of nitrogens with zero attached hydrogens (tertiary/aromatic N) is 1. The van der Waals surface area contributed by atoms with Crippen LogP contribution in [0.25, 0.3) is 11.1 Å². The molecule has 0 unspecified atom stereocenters. The summed E-state index contributed by atoms with van der Waals surface area (Å²) in [6.07, 6.45) is 1.11. The average molecular weight is 386 g/mol. The first-order valence-corrected chi connectivity index (χ1v) is 7.15. The Labute approximate surface area is 144 Å². The van der Waals surface area contributed by atoms with Gasteiger partial charge in [0.25, 0.3) is 0 Å². The van der Waals surface area contributed by atoms with Crippen molar-refractivity contribution in [2.45, 2.75) is 0 Å². The predicted octanol–water partition coefficient (Wildman–Crippen LogP) is 5.30. The van der Waals surface area contributed by atoms with Crippen molar-refractivity contribution in [3.63, 3.8) is 0 Å². The summed E-state index contributed by atoms with van der Waals surface area (Å²) < 4.78 is 0.